The standard InChI is InChI=1S/C22H20ClNO4/c1-2-27-21-19(23)12-16(22(26)24-17-8-10-18(25)11-9-17)13-20(21)28-14-15-6-4-3-5-7-15/h3-13,25H,2,14H2,1H3,(H,24,26). The lowest BCUT2D eigenvalue weighted by Gasteiger charge is -2.15. The molecule has 0 saturated carbocycles. The zero-order chi connectivity index (χ0) is 19.9. The van der Waals surface area contributed by atoms with E-state index in [4.69, 9.17) is 21.1 Å². The number of carbonyl (C=O) groups excluding carboxylic acids is 1. The number of phenols is 1. The Labute approximate surface area is 168 Å². The summed E-state index contributed by atoms with van der Waals surface area (Å²) in [5, 5.41) is 12.4. The van der Waals surface area contributed by atoms with Gasteiger partial charge in [-0.15, -0.1) is 0 Å². The zero-order valence-corrected chi connectivity index (χ0v) is 16.1. The van der Waals surface area contributed by atoms with Crippen LogP contribution in [0.3, 0.4) is 0 Å². The van der Waals surface area contributed by atoms with E-state index in [0.29, 0.717) is 41.0 Å². The number of anilines is 1. The highest BCUT2D eigenvalue weighted by Crippen LogP contribution is 2.37. The van der Waals surface area contributed by atoms with Crippen molar-refractivity contribution in [1.82, 2.24) is 0 Å². The normalized spacial score (nSPS) is 10.4. The Kier molecular flexibility index (Phi) is 6.40. The van der Waals surface area contributed by atoms with Gasteiger partial charge in [-0.1, -0.05) is 41.9 Å². The minimum atomic E-state index is -0.347. The van der Waals surface area contributed by atoms with E-state index in [0.717, 1.165) is 5.56 Å². The van der Waals surface area contributed by atoms with E-state index >= 15 is 0 Å². The van der Waals surface area contributed by atoms with Crippen molar-refractivity contribution in [3.05, 3.63) is 82.9 Å². The Morgan fingerprint density at radius 3 is 2.43 bits per heavy atom. The predicted octanol–water partition coefficient (Wildman–Crippen LogP) is 5.28. The summed E-state index contributed by atoms with van der Waals surface area (Å²) in [7, 11) is 0. The summed E-state index contributed by atoms with van der Waals surface area (Å²) in [6, 6.07) is 19.0. The third-order valence-electron chi connectivity index (χ3n) is 3.92. The van der Waals surface area contributed by atoms with E-state index in [1.54, 1.807) is 18.2 Å². The third kappa shape index (κ3) is 4.96. The van der Waals surface area contributed by atoms with E-state index in [-0.39, 0.29) is 11.7 Å². The molecule has 0 unspecified atom stereocenters. The minimum absolute atomic E-state index is 0.124. The molecule has 0 spiro atoms. The molecule has 3 aromatic rings. The number of carbonyl (C=O) groups is 1. The van der Waals surface area contributed by atoms with Gasteiger partial charge in [-0.25, -0.2) is 0 Å². The molecule has 0 aromatic heterocycles. The van der Waals surface area contributed by atoms with Crippen LogP contribution in [-0.4, -0.2) is 17.6 Å². The summed E-state index contributed by atoms with van der Waals surface area (Å²) >= 11 is 6.34. The SMILES string of the molecule is CCOc1c(Cl)cc(C(=O)Nc2ccc(O)cc2)cc1OCc1ccccc1. The summed E-state index contributed by atoms with van der Waals surface area (Å²) in [5.74, 6) is 0.578. The van der Waals surface area contributed by atoms with Crippen molar-refractivity contribution in [1.29, 1.82) is 0 Å². The van der Waals surface area contributed by atoms with Gasteiger partial charge in [0.1, 0.15) is 12.4 Å². The summed E-state index contributed by atoms with van der Waals surface area (Å²) in [6.45, 7) is 2.59. The molecule has 0 radical (unpaired) electrons. The van der Waals surface area contributed by atoms with Gasteiger partial charge in [-0.2, -0.15) is 0 Å². The van der Waals surface area contributed by atoms with E-state index < -0.39 is 0 Å². The van der Waals surface area contributed by atoms with Gasteiger partial charge in [0, 0.05) is 11.3 Å². The molecule has 0 saturated heterocycles. The molecule has 0 aliphatic rings. The van der Waals surface area contributed by atoms with Gasteiger partial charge < -0.3 is 19.9 Å². The van der Waals surface area contributed by atoms with Crippen LogP contribution in [0.25, 0.3) is 0 Å². The maximum absolute atomic E-state index is 12.6. The van der Waals surface area contributed by atoms with Crippen LogP contribution in [0, 0.1) is 0 Å². The summed E-state index contributed by atoms with van der Waals surface area (Å²) < 4.78 is 11.5. The number of phenolic OH excluding ortho intramolecular Hbond substituents is 1. The first-order valence-corrected chi connectivity index (χ1v) is 9.18. The number of benzene rings is 3. The zero-order valence-electron chi connectivity index (χ0n) is 15.3. The highest BCUT2D eigenvalue weighted by molar-refractivity contribution is 6.32. The maximum Gasteiger partial charge on any atom is 0.255 e. The Morgan fingerprint density at radius 2 is 1.75 bits per heavy atom. The Balaban J connectivity index is 1.83. The second-order valence-electron chi connectivity index (χ2n) is 5.99. The Hall–Kier alpha value is -3.18. The van der Waals surface area contributed by atoms with Gasteiger partial charge >= 0.3 is 0 Å². The molecule has 0 aliphatic carbocycles. The van der Waals surface area contributed by atoms with Crippen LogP contribution in [0.2, 0.25) is 5.02 Å². The van der Waals surface area contributed by atoms with Crippen LogP contribution >= 0.6 is 11.6 Å². The fourth-order valence-electron chi connectivity index (χ4n) is 2.57. The number of hydrogen-bond donors (Lipinski definition) is 2. The Morgan fingerprint density at radius 1 is 1.04 bits per heavy atom. The average Bonchev–Trinajstić information content (AvgIpc) is 2.70. The number of ether oxygens (including phenoxy) is 2. The number of nitrogens with one attached hydrogen (secondary N) is 1. The lowest BCUT2D eigenvalue weighted by Crippen LogP contribution is -2.12. The summed E-state index contributed by atoms with van der Waals surface area (Å²) in [6.07, 6.45) is 0. The molecule has 0 aliphatic heterocycles. The van der Waals surface area contributed by atoms with E-state index in [2.05, 4.69) is 5.32 Å². The van der Waals surface area contributed by atoms with Crippen molar-refractivity contribution < 1.29 is 19.4 Å². The molecule has 28 heavy (non-hydrogen) atoms. The quantitative estimate of drug-likeness (QED) is 0.532. The van der Waals surface area contributed by atoms with Crippen molar-refractivity contribution >= 4 is 23.2 Å². The lowest BCUT2D eigenvalue weighted by atomic mass is 10.1. The van der Waals surface area contributed by atoms with Gasteiger partial charge in [-0.3, -0.25) is 4.79 Å². The fourth-order valence-corrected chi connectivity index (χ4v) is 2.84. The molecule has 1 amide bonds. The second kappa shape index (κ2) is 9.15. The third-order valence-corrected chi connectivity index (χ3v) is 4.20. The molecule has 5 nitrogen and oxygen atoms in total. The minimum Gasteiger partial charge on any atom is -0.508 e. The molecule has 6 heteroatoms. The first-order valence-electron chi connectivity index (χ1n) is 8.80. The maximum atomic E-state index is 12.6. The number of aromatic hydroxyl groups is 1. The number of amides is 1. The molecular weight excluding hydrogens is 378 g/mol. The largest absolute Gasteiger partial charge is 0.508 e. The van der Waals surface area contributed by atoms with Crippen molar-refractivity contribution in [3.8, 4) is 17.2 Å². The fraction of sp³-hybridized carbons (Fsp3) is 0.136. The first-order chi connectivity index (χ1) is 13.6. The van der Waals surface area contributed by atoms with Crippen LogP contribution < -0.4 is 14.8 Å². The number of rotatable bonds is 7. The average molecular weight is 398 g/mol. The summed E-state index contributed by atoms with van der Waals surface area (Å²) in [5.41, 5.74) is 1.88. The highest BCUT2D eigenvalue weighted by Gasteiger charge is 2.17. The van der Waals surface area contributed by atoms with Crippen LogP contribution in [-0.2, 0) is 6.61 Å². The molecular formula is C22H20ClNO4. The van der Waals surface area contributed by atoms with Gasteiger partial charge in [0.15, 0.2) is 11.5 Å². The topological polar surface area (TPSA) is 67.8 Å². The van der Waals surface area contributed by atoms with Gasteiger partial charge in [0.25, 0.3) is 5.91 Å². The van der Waals surface area contributed by atoms with Gasteiger partial charge in [0.05, 0.1) is 11.6 Å². The van der Waals surface area contributed by atoms with Crippen LogP contribution in [0.1, 0.15) is 22.8 Å². The molecule has 3 aromatic carbocycles. The smallest absolute Gasteiger partial charge is 0.255 e. The summed E-state index contributed by atoms with van der Waals surface area (Å²) in [4.78, 5) is 12.6. The second-order valence-corrected chi connectivity index (χ2v) is 6.40. The van der Waals surface area contributed by atoms with E-state index in [9.17, 15) is 9.90 Å². The van der Waals surface area contributed by atoms with Gasteiger partial charge in [-0.05, 0) is 48.9 Å². The monoisotopic (exact) mass is 397 g/mol. The lowest BCUT2D eigenvalue weighted by molar-refractivity contribution is 0.102. The Bertz CT molecular complexity index is 943. The first kappa shape index (κ1) is 19.6. The van der Waals surface area contributed by atoms with E-state index in [1.807, 2.05) is 37.3 Å². The molecule has 0 heterocycles. The molecule has 0 bridgehead atoms. The van der Waals surface area contributed by atoms with Crippen molar-refractivity contribution in [2.75, 3.05) is 11.9 Å². The molecule has 144 valence electrons. The van der Waals surface area contributed by atoms with Crippen molar-refractivity contribution in [2.24, 2.45) is 0 Å². The van der Waals surface area contributed by atoms with Crippen molar-refractivity contribution in [3.63, 3.8) is 0 Å². The van der Waals surface area contributed by atoms with Crippen LogP contribution in [0.15, 0.2) is 66.7 Å². The van der Waals surface area contributed by atoms with Crippen molar-refractivity contribution in [2.45, 2.75) is 13.5 Å². The van der Waals surface area contributed by atoms with Gasteiger partial charge in [0.2, 0.25) is 0 Å². The molecule has 0 atom stereocenters. The predicted molar refractivity (Wildman–Crippen MR) is 109 cm³/mol. The number of hydrogen-bond acceptors (Lipinski definition) is 4. The molecule has 3 rings (SSSR count). The number of halogens is 1. The molecule has 2 N–H and O–H groups in total. The van der Waals surface area contributed by atoms with E-state index in [1.165, 1.54) is 18.2 Å². The van der Waals surface area contributed by atoms with Crippen LogP contribution in [0.5, 0.6) is 17.2 Å². The molecule has 0 fully saturated rings. The van der Waals surface area contributed by atoms with Crippen LogP contribution in [0.4, 0.5) is 5.69 Å². The highest BCUT2D eigenvalue weighted by atomic mass is 35.5.